The maximum atomic E-state index is 13.4. The molecule has 41 heavy (non-hydrogen) atoms. The minimum Gasteiger partial charge on any atom is -1.00 e. The Bertz CT molecular complexity index is 1980. The van der Waals surface area contributed by atoms with Gasteiger partial charge in [0.25, 0.3) is 11.1 Å². The number of halogens is 1. The van der Waals surface area contributed by atoms with Crippen LogP contribution in [-0.4, -0.2) is 11.6 Å². The number of fused-ring (bicyclic) bond motifs is 2. The number of nitrogens with zero attached hydrogens (tertiary/aromatic N) is 3. The van der Waals surface area contributed by atoms with Gasteiger partial charge in [-0.3, -0.25) is 9.36 Å². The molecule has 0 radical (unpaired) electrons. The Balaban J connectivity index is 0.00000337. The van der Waals surface area contributed by atoms with Crippen LogP contribution in [0.3, 0.4) is 0 Å². The highest BCUT2D eigenvalue weighted by atomic mass is 79.9. The smallest absolute Gasteiger partial charge is 0.377 e. The molecule has 0 amide bonds. The largest absolute Gasteiger partial charge is 1.00 e. The van der Waals surface area contributed by atoms with Crippen molar-refractivity contribution in [2.75, 3.05) is 11.9 Å². The van der Waals surface area contributed by atoms with Crippen LogP contribution >= 0.6 is 11.3 Å². The monoisotopic (exact) mass is 623 g/mol. The fourth-order valence-electron chi connectivity index (χ4n) is 5.11. The van der Waals surface area contributed by atoms with Crippen molar-refractivity contribution in [3.63, 3.8) is 0 Å². The molecule has 206 valence electrons. The van der Waals surface area contributed by atoms with E-state index in [4.69, 9.17) is 4.42 Å². The molecule has 3 heterocycles. The van der Waals surface area contributed by atoms with Crippen molar-refractivity contribution in [1.82, 2.24) is 4.57 Å². The molecule has 1 aliphatic heterocycles. The Labute approximate surface area is 253 Å². The average Bonchev–Trinajstić information content (AvgIpc) is 3.49. The van der Waals surface area contributed by atoms with Gasteiger partial charge in [0, 0.05) is 37.1 Å². The van der Waals surface area contributed by atoms with Crippen LogP contribution in [0, 0.1) is 0 Å². The molecule has 0 unspecified atom stereocenters. The van der Waals surface area contributed by atoms with Crippen LogP contribution in [-0.2, 0) is 13.1 Å². The molecule has 6 rings (SSSR count). The zero-order valence-electron chi connectivity index (χ0n) is 23.0. The number of oxazole rings is 1. The fourth-order valence-corrected chi connectivity index (χ4v) is 6.09. The lowest BCUT2D eigenvalue weighted by Gasteiger charge is -2.23. The summed E-state index contributed by atoms with van der Waals surface area (Å²) >= 11 is 1.46. The third-order valence-corrected chi connectivity index (χ3v) is 8.21. The Morgan fingerprint density at radius 2 is 1.78 bits per heavy atom. The van der Waals surface area contributed by atoms with Crippen molar-refractivity contribution >= 4 is 45.8 Å². The van der Waals surface area contributed by atoms with Crippen LogP contribution < -0.4 is 41.2 Å². The van der Waals surface area contributed by atoms with Gasteiger partial charge in [0.05, 0.1) is 10.6 Å². The molecule has 2 aromatic heterocycles. The van der Waals surface area contributed by atoms with Crippen LogP contribution in [0.2, 0.25) is 0 Å². The number of hydrogen-bond acceptors (Lipinski definition) is 4. The third-order valence-electron chi connectivity index (χ3n) is 7.14. The number of thiazole rings is 1. The van der Waals surface area contributed by atoms with Gasteiger partial charge < -0.3 is 26.3 Å². The SMILES string of the molecule is C=CCn1c(=Cc2oc3ccc(-c4ccccc4)cc3[n+]2CC)sc(=CC=C2C=CN(C)c3ccccc32)c1=O.[Br-]. The molecular formula is C34H30BrN3O2S. The van der Waals surface area contributed by atoms with E-state index in [1.54, 1.807) is 10.6 Å². The Kier molecular flexibility index (Phi) is 8.38. The van der Waals surface area contributed by atoms with Crippen LogP contribution in [0.4, 0.5) is 5.69 Å². The van der Waals surface area contributed by atoms with Crippen LogP contribution in [0.1, 0.15) is 18.4 Å². The van der Waals surface area contributed by atoms with Crippen molar-refractivity contribution in [3.8, 4) is 11.1 Å². The topological polar surface area (TPSA) is 42.3 Å². The molecule has 0 aliphatic carbocycles. The third kappa shape index (κ3) is 5.43. The second-order valence-electron chi connectivity index (χ2n) is 9.62. The summed E-state index contributed by atoms with van der Waals surface area (Å²) in [6, 6.07) is 24.9. The van der Waals surface area contributed by atoms with E-state index < -0.39 is 0 Å². The zero-order valence-corrected chi connectivity index (χ0v) is 25.4. The molecule has 0 fully saturated rings. The van der Waals surface area contributed by atoms with E-state index in [9.17, 15) is 4.79 Å². The maximum absolute atomic E-state index is 13.4. The summed E-state index contributed by atoms with van der Waals surface area (Å²) in [6.07, 6.45) is 11.8. The first-order valence-corrected chi connectivity index (χ1v) is 14.2. The Morgan fingerprint density at radius 3 is 2.56 bits per heavy atom. The van der Waals surface area contributed by atoms with Gasteiger partial charge in [0.1, 0.15) is 11.2 Å². The molecule has 7 heteroatoms. The first-order chi connectivity index (χ1) is 19.6. The van der Waals surface area contributed by atoms with Gasteiger partial charge in [-0.2, -0.15) is 4.57 Å². The number of hydrogen-bond donors (Lipinski definition) is 0. The van der Waals surface area contributed by atoms with E-state index >= 15 is 0 Å². The molecule has 5 aromatic rings. The van der Waals surface area contributed by atoms with Gasteiger partial charge in [-0.1, -0.05) is 66.7 Å². The summed E-state index contributed by atoms with van der Waals surface area (Å²) in [5.41, 5.74) is 7.43. The summed E-state index contributed by atoms with van der Waals surface area (Å²) in [4.78, 5) is 15.5. The Morgan fingerprint density at radius 1 is 1.00 bits per heavy atom. The van der Waals surface area contributed by atoms with E-state index in [2.05, 4.69) is 65.4 Å². The number of benzene rings is 3. The van der Waals surface area contributed by atoms with E-state index in [1.807, 2.05) is 67.9 Å². The lowest BCUT2D eigenvalue weighted by molar-refractivity contribution is -0.674. The Hall–Kier alpha value is -4.20. The number of rotatable bonds is 6. The molecule has 1 aliphatic rings. The molecule has 0 bridgehead atoms. The van der Waals surface area contributed by atoms with E-state index in [0.29, 0.717) is 17.0 Å². The van der Waals surface area contributed by atoms with Crippen molar-refractivity contribution in [2.45, 2.75) is 20.0 Å². The molecule has 3 aromatic carbocycles. The quantitative estimate of drug-likeness (QED) is 0.216. The van der Waals surface area contributed by atoms with Crippen molar-refractivity contribution in [2.24, 2.45) is 0 Å². The molecule has 0 spiro atoms. The summed E-state index contributed by atoms with van der Waals surface area (Å²) in [6.45, 7) is 7.14. The van der Waals surface area contributed by atoms with Gasteiger partial charge in [-0.05, 0) is 47.9 Å². The zero-order chi connectivity index (χ0) is 27.6. The normalized spacial score (nSPS) is 14.5. The highest BCUT2D eigenvalue weighted by Crippen LogP contribution is 2.31. The maximum Gasteiger partial charge on any atom is 0.377 e. The minimum atomic E-state index is -0.0382. The predicted octanol–water partition coefficient (Wildman–Crippen LogP) is 2.48. The summed E-state index contributed by atoms with van der Waals surface area (Å²) in [7, 11) is 2.04. The van der Waals surface area contributed by atoms with E-state index in [-0.39, 0.29) is 22.5 Å². The van der Waals surface area contributed by atoms with Crippen molar-refractivity contribution < 1.29 is 26.0 Å². The summed E-state index contributed by atoms with van der Waals surface area (Å²) < 4.78 is 11.7. The van der Waals surface area contributed by atoms with Crippen molar-refractivity contribution in [3.05, 3.63) is 135 Å². The molecule has 0 saturated heterocycles. The molecule has 0 atom stereocenters. The first-order valence-electron chi connectivity index (χ1n) is 13.3. The molecule has 5 nitrogen and oxygen atoms in total. The van der Waals surface area contributed by atoms with Crippen molar-refractivity contribution in [1.29, 1.82) is 0 Å². The summed E-state index contributed by atoms with van der Waals surface area (Å²) in [5.74, 6) is 0.707. The van der Waals surface area contributed by atoms with Gasteiger partial charge in [-0.25, -0.2) is 0 Å². The molecule has 0 N–H and O–H groups in total. The van der Waals surface area contributed by atoms with Gasteiger partial charge in [0.15, 0.2) is 0 Å². The van der Waals surface area contributed by atoms with Gasteiger partial charge in [0.2, 0.25) is 5.58 Å². The number of aryl methyl sites for hydroxylation is 1. The van der Waals surface area contributed by atoms with Gasteiger partial charge >= 0.3 is 5.89 Å². The van der Waals surface area contributed by atoms with E-state index in [1.165, 1.54) is 11.3 Å². The highest BCUT2D eigenvalue weighted by molar-refractivity contribution is 7.07. The standard InChI is InChI=1S/C34H30N3O2S.BrH/c1-4-20-37-33(40-31(34(37)38)18-16-25-19-21-35(3)28-14-10-9-13-27(25)28)23-32-36(5-2)29-22-26(15-17-30(29)39-32)24-11-7-6-8-12-24;/h4,6-19,21-23H,1,5,20H2,2-3H3;1H/q+1;/p-1. The second kappa shape index (κ2) is 12.1. The first kappa shape index (κ1) is 28.3. The van der Waals surface area contributed by atoms with Crippen LogP contribution in [0.25, 0.3) is 40.0 Å². The van der Waals surface area contributed by atoms with E-state index in [0.717, 1.165) is 50.3 Å². The fraction of sp³-hybridized carbons (Fsp3) is 0.118. The number of aromatic nitrogens is 2. The molecular weight excluding hydrogens is 594 g/mol. The highest BCUT2D eigenvalue weighted by Gasteiger charge is 2.21. The number of anilines is 1. The molecule has 0 saturated carbocycles. The average molecular weight is 625 g/mol. The predicted molar refractivity (Wildman–Crippen MR) is 166 cm³/mol. The van der Waals surface area contributed by atoms with Crippen LogP contribution in [0.5, 0.6) is 0 Å². The lowest BCUT2D eigenvalue weighted by Crippen LogP contribution is -3.00. The number of allylic oxidation sites excluding steroid dienone is 4. The van der Waals surface area contributed by atoms with Gasteiger partial charge in [-0.15, -0.1) is 17.9 Å². The second-order valence-corrected chi connectivity index (χ2v) is 10.7. The lowest BCUT2D eigenvalue weighted by atomic mass is 10.00. The van der Waals surface area contributed by atoms with Crippen LogP contribution in [0.15, 0.2) is 113 Å². The minimum absolute atomic E-state index is 0. The summed E-state index contributed by atoms with van der Waals surface area (Å²) in [5, 5.41) is 0. The number of para-hydroxylation sites is 1.